The van der Waals surface area contributed by atoms with Crippen LogP contribution in [0.1, 0.15) is 12.5 Å². The Morgan fingerprint density at radius 3 is 3.11 bits per heavy atom. The summed E-state index contributed by atoms with van der Waals surface area (Å²) in [6.07, 6.45) is 6.80. The maximum absolute atomic E-state index is 5.42. The number of nitrogens with zero attached hydrogens (tertiary/aromatic N) is 1. The molecule has 0 heterocycles. The summed E-state index contributed by atoms with van der Waals surface area (Å²) in [5.74, 6) is 3.09. The van der Waals surface area contributed by atoms with Gasteiger partial charge in [0.05, 0.1) is 6.21 Å². The van der Waals surface area contributed by atoms with E-state index in [1.165, 1.54) is 0 Å². The average molecular weight is 340 g/mol. The van der Waals surface area contributed by atoms with E-state index in [2.05, 4.69) is 37.7 Å². The zero-order valence-corrected chi connectivity index (χ0v) is 12.8. The molecule has 19 heavy (non-hydrogen) atoms. The molecule has 0 bridgehead atoms. The molecule has 0 amide bonds. The summed E-state index contributed by atoms with van der Waals surface area (Å²) in [6.45, 7) is 2.91. The molecule has 0 aliphatic heterocycles. The molecule has 2 N–H and O–H groups in total. The van der Waals surface area contributed by atoms with Crippen LogP contribution in [0.4, 0.5) is 0 Å². The molecule has 100 valence electrons. The van der Waals surface area contributed by atoms with Crippen molar-refractivity contribution < 1.29 is 4.74 Å². The van der Waals surface area contributed by atoms with Gasteiger partial charge in [0, 0.05) is 16.6 Å². The number of thiocarbonyl (C=S) groups is 1. The van der Waals surface area contributed by atoms with Crippen LogP contribution in [-0.4, -0.2) is 24.5 Å². The minimum atomic E-state index is 0.214. The molecule has 0 atom stereocenters. The quantitative estimate of drug-likeness (QED) is 0.374. The number of nitrogens with one attached hydrogen (secondary N) is 2. The Balaban J connectivity index is 2.75. The van der Waals surface area contributed by atoms with Crippen molar-refractivity contribution in [2.45, 2.75) is 6.92 Å². The fraction of sp³-hybridized carbons (Fsp3) is 0.231. The van der Waals surface area contributed by atoms with Crippen LogP contribution in [0, 0.1) is 12.3 Å². The van der Waals surface area contributed by atoms with E-state index >= 15 is 0 Å². The molecule has 6 heteroatoms. The van der Waals surface area contributed by atoms with Crippen LogP contribution in [0.15, 0.2) is 27.8 Å². The lowest BCUT2D eigenvalue weighted by Crippen LogP contribution is -2.31. The number of hydrazone groups is 1. The molecule has 0 unspecified atom stereocenters. The van der Waals surface area contributed by atoms with Crippen molar-refractivity contribution in [2.75, 3.05) is 13.2 Å². The fourth-order valence-corrected chi connectivity index (χ4v) is 1.81. The second-order valence-corrected chi connectivity index (χ2v) is 4.73. The van der Waals surface area contributed by atoms with Gasteiger partial charge in [-0.15, -0.1) is 6.42 Å². The Labute approximate surface area is 126 Å². The lowest BCUT2D eigenvalue weighted by Gasteiger charge is -2.07. The summed E-state index contributed by atoms with van der Waals surface area (Å²) in [6, 6.07) is 5.58. The van der Waals surface area contributed by atoms with Crippen LogP contribution in [0.25, 0.3) is 0 Å². The highest BCUT2D eigenvalue weighted by molar-refractivity contribution is 9.10. The van der Waals surface area contributed by atoms with E-state index in [0.717, 1.165) is 16.6 Å². The molecule has 0 fully saturated rings. The highest BCUT2D eigenvalue weighted by atomic mass is 79.9. The highest BCUT2D eigenvalue weighted by Crippen LogP contribution is 2.21. The zero-order chi connectivity index (χ0) is 14.1. The minimum absolute atomic E-state index is 0.214. The standard InChI is InChI=1S/C13H14BrN3OS/c1-3-7-18-12-6-5-11(14)8-10(12)9-16-17-13(19)15-4-2/h1,5-6,8-9H,4,7H2,2H3,(H2,15,17,19). The van der Waals surface area contributed by atoms with E-state index in [-0.39, 0.29) is 6.61 Å². The van der Waals surface area contributed by atoms with Gasteiger partial charge >= 0.3 is 0 Å². The van der Waals surface area contributed by atoms with E-state index in [1.807, 2.05) is 25.1 Å². The van der Waals surface area contributed by atoms with E-state index < -0.39 is 0 Å². The molecule has 0 radical (unpaired) electrons. The molecule has 0 aliphatic carbocycles. The Hall–Kier alpha value is -1.58. The van der Waals surface area contributed by atoms with E-state index in [1.54, 1.807) is 6.21 Å². The molecule has 1 aromatic carbocycles. The van der Waals surface area contributed by atoms with Gasteiger partial charge in [0.15, 0.2) is 5.11 Å². The molecule has 0 spiro atoms. The first-order chi connectivity index (χ1) is 9.17. The molecule has 4 nitrogen and oxygen atoms in total. The third kappa shape index (κ3) is 5.73. The van der Waals surface area contributed by atoms with Gasteiger partial charge in [-0.2, -0.15) is 5.10 Å². The third-order valence-corrected chi connectivity index (χ3v) is 2.72. The first-order valence-corrected chi connectivity index (χ1v) is 6.80. The Kier molecular flexibility index (Phi) is 6.93. The molecule has 1 rings (SSSR count). The second kappa shape index (κ2) is 8.51. The van der Waals surface area contributed by atoms with Crippen molar-refractivity contribution in [3.05, 3.63) is 28.2 Å². The Bertz CT molecular complexity index is 511. The first kappa shape index (κ1) is 15.5. The van der Waals surface area contributed by atoms with Crippen LogP contribution in [0.3, 0.4) is 0 Å². The van der Waals surface area contributed by atoms with Crippen molar-refractivity contribution in [2.24, 2.45) is 5.10 Å². The number of hydrogen-bond acceptors (Lipinski definition) is 3. The molecule has 0 aliphatic rings. The molecule has 0 saturated carbocycles. The van der Waals surface area contributed by atoms with E-state index in [4.69, 9.17) is 23.4 Å². The maximum Gasteiger partial charge on any atom is 0.186 e. The number of terminal acetylenes is 1. The lowest BCUT2D eigenvalue weighted by molar-refractivity contribution is 0.370. The topological polar surface area (TPSA) is 45.6 Å². The number of hydrogen-bond donors (Lipinski definition) is 2. The predicted octanol–water partition coefficient (Wildman–Crippen LogP) is 2.28. The summed E-state index contributed by atoms with van der Waals surface area (Å²) in [7, 11) is 0. The van der Waals surface area contributed by atoms with Crippen LogP contribution in [0.2, 0.25) is 0 Å². The van der Waals surface area contributed by atoms with Gasteiger partial charge in [0.2, 0.25) is 0 Å². The molecular formula is C13H14BrN3OS. The SMILES string of the molecule is C#CCOc1ccc(Br)cc1C=NNC(=S)NCC. The minimum Gasteiger partial charge on any atom is -0.480 e. The second-order valence-electron chi connectivity index (χ2n) is 3.40. The predicted molar refractivity (Wildman–Crippen MR) is 85.5 cm³/mol. The van der Waals surface area contributed by atoms with Crippen molar-refractivity contribution in [3.63, 3.8) is 0 Å². The monoisotopic (exact) mass is 339 g/mol. The molecular weight excluding hydrogens is 326 g/mol. The third-order valence-electron chi connectivity index (χ3n) is 1.99. The van der Waals surface area contributed by atoms with Gasteiger partial charge in [-0.1, -0.05) is 21.9 Å². The normalized spacial score (nSPS) is 9.95. The van der Waals surface area contributed by atoms with E-state index in [9.17, 15) is 0 Å². The Morgan fingerprint density at radius 1 is 1.63 bits per heavy atom. The van der Waals surface area contributed by atoms with Gasteiger partial charge in [-0.25, -0.2) is 0 Å². The van der Waals surface area contributed by atoms with Gasteiger partial charge in [-0.05, 0) is 37.3 Å². The average Bonchev–Trinajstić information content (AvgIpc) is 2.38. The summed E-state index contributed by atoms with van der Waals surface area (Å²) in [5, 5.41) is 7.44. The van der Waals surface area contributed by atoms with Crippen LogP contribution < -0.4 is 15.5 Å². The molecule has 0 aromatic heterocycles. The van der Waals surface area contributed by atoms with Gasteiger partial charge in [0.1, 0.15) is 12.4 Å². The van der Waals surface area contributed by atoms with Crippen molar-refractivity contribution in [3.8, 4) is 18.1 Å². The summed E-state index contributed by atoms with van der Waals surface area (Å²) < 4.78 is 6.35. The maximum atomic E-state index is 5.42. The zero-order valence-electron chi connectivity index (χ0n) is 10.4. The number of ether oxygens (including phenoxy) is 1. The smallest absolute Gasteiger partial charge is 0.186 e. The number of halogens is 1. The summed E-state index contributed by atoms with van der Waals surface area (Å²) >= 11 is 8.39. The number of benzene rings is 1. The molecule has 0 saturated heterocycles. The number of rotatable bonds is 5. The van der Waals surface area contributed by atoms with Crippen molar-refractivity contribution >= 4 is 39.5 Å². The highest BCUT2D eigenvalue weighted by Gasteiger charge is 2.02. The van der Waals surface area contributed by atoms with Crippen LogP contribution in [-0.2, 0) is 0 Å². The summed E-state index contributed by atoms with van der Waals surface area (Å²) in [4.78, 5) is 0. The van der Waals surface area contributed by atoms with Gasteiger partial charge in [0.25, 0.3) is 0 Å². The van der Waals surface area contributed by atoms with Crippen molar-refractivity contribution in [1.82, 2.24) is 10.7 Å². The first-order valence-electron chi connectivity index (χ1n) is 5.60. The fourth-order valence-electron chi connectivity index (χ4n) is 1.23. The van der Waals surface area contributed by atoms with Crippen LogP contribution >= 0.6 is 28.1 Å². The van der Waals surface area contributed by atoms with Crippen LogP contribution in [0.5, 0.6) is 5.75 Å². The Morgan fingerprint density at radius 2 is 2.42 bits per heavy atom. The van der Waals surface area contributed by atoms with E-state index in [0.29, 0.717) is 10.9 Å². The van der Waals surface area contributed by atoms with Crippen molar-refractivity contribution in [1.29, 1.82) is 0 Å². The van der Waals surface area contributed by atoms with Gasteiger partial charge in [-0.3, -0.25) is 5.43 Å². The van der Waals surface area contributed by atoms with Gasteiger partial charge < -0.3 is 10.1 Å². The largest absolute Gasteiger partial charge is 0.480 e. The molecule has 1 aromatic rings. The summed E-state index contributed by atoms with van der Waals surface area (Å²) in [5.41, 5.74) is 3.52. The lowest BCUT2D eigenvalue weighted by atomic mass is 10.2.